The molecule has 1 aliphatic carbocycles. The van der Waals surface area contributed by atoms with Crippen LogP contribution in [0.4, 0.5) is 4.79 Å². The van der Waals surface area contributed by atoms with Crippen LogP contribution in [0, 0.1) is 0 Å². The zero-order valence-corrected chi connectivity index (χ0v) is 30.1. The first-order valence-electron chi connectivity index (χ1n) is 17.6. The highest BCUT2D eigenvalue weighted by atomic mass is 16.7. The molecule has 1 unspecified atom stereocenters. The van der Waals surface area contributed by atoms with Crippen LogP contribution in [-0.2, 0) is 46.4 Å². The predicted octanol–water partition coefficient (Wildman–Crippen LogP) is 7.76. The summed E-state index contributed by atoms with van der Waals surface area (Å²) in [5.74, 6) is -1.55. The average Bonchev–Trinajstić information content (AvgIpc) is 3.18. The van der Waals surface area contributed by atoms with Gasteiger partial charge in [0.1, 0.15) is 18.8 Å². The second-order valence-electron chi connectivity index (χ2n) is 12.9. The third kappa shape index (κ3) is 10.7. The van der Waals surface area contributed by atoms with Crippen molar-refractivity contribution >= 4 is 18.0 Å². The Morgan fingerprint density at radius 3 is 1.84 bits per heavy atom. The lowest BCUT2D eigenvalue weighted by atomic mass is 9.84. The van der Waals surface area contributed by atoms with Crippen LogP contribution in [-0.4, -0.2) is 71.8 Å². The van der Waals surface area contributed by atoms with Crippen LogP contribution in [0.25, 0.3) is 31.3 Å². The lowest BCUT2D eigenvalue weighted by molar-refractivity contribution is -0.264. The molecule has 0 aromatic heterocycles. The fourth-order valence-electron chi connectivity index (χ4n) is 6.92. The van der Waals surface area contributed by atoms with Gasteiger partial charge in [-0.3, -0.25) is 14.5 Å². The molecule has 2 fully saturated rings. The van der Waals surface area contributed by atoms with Gasteiger partial charge in [0, 0.05) is 35.1 Å². The van der Waals surface area contributed by atoms with Crippen LogP contribution in [0.3, 0.4) is 0 Å². The number of ether oxygens (including phenoxy) is 5. The predicted molar refractivity (Wildman–Crippen MR) is 195 cm³/mol. The Labute approximate surface area is 316 Å². The van der Waals surface area contributed by atoms with E-state index in [0.717, 1.165) is 30.5 Å². The molecular weight excluding hydrogens is 712 g/mol. The number of nitrogens with zero attached hydrogens (tertiary/aromatic N) is 10. The number of carbonyl (C=O) groups is 3. The van der Waals surface area contributed by atoms with Crippen LogP contribution in [0.1, 0.15) is 55.8 Å². The topological polar surface area (TPSA) is 247 Å². The fourth-order valence-corrected chi connectivity index (χ4v) is 6.92. The van der Waals surface area contributed by atoms with Crippen LogP contribution in [0.15, 0.2) is 106 Å². The van der Waals surface area contributed by atoms with Gasteiger partial charge in [0.15, 0.2) is 12.4 Å². The minimum absolute atomic E-state index is 0.0169. The van der Waals surface area contributed by atoms with Crippen molar-refractivity contribution < 1.29 is 38.1 Å². The largest absolute Gasteiger partial charge is 0.458 e. The molecule has 18 nitrogen and oxygen atoms in total. The van der Waals surface area contributed by atoms with Crippen molar-refractivity contribution in [1.29, 1.82) is 0 Å². The molecule has 0 bridgehead atoms. The summed E-state index contributed by atoms with van der Waals surface area (Å²) in [4.78, 5) is 49.2. The molecule has 1 heterocycles. The Bertz CT molecular complexity index is 1910. The highest BCUT2D eigenvalue weighted by Crippen LogP contribution is 2.39. The third-order valence-corrected chi connectivity index (χ3v) is 9.22. The summed E-state index contributed by atoms with van der Waals surface area (Å²) in [7, 11) is 0. The molecule has 1 saturated carbocycles. The summed E-state index contributed by atoms with van der Waals surface area (Å²) < 4.78 is 30.2. The van der Waals surface area contributed by atoms with Crippen LogP contribution < -0.4 is 0 Å². The van der Waals surface area contributed by atoms with Gasteiger partial charge in [-0.15, -0.1) is 0 Å². The SMILES string of the molecule is CC(=O)O[C@@H]1[C@@H](OC(C)=O)[C@H](N=[N+]=[N-])C[C@H](N=[N+]=[N-])[C@H]1O[C@H]1O[C@H]([C@@H](c2ccccc2)N(Cc2ccccc2)C(=O)OCc2ccccc2)CCC1N=[N+]=[N-]. The lowest BCUT2D eigenvalue weighted by Crippen LogP contribution is -2.60. The maximum Gasteiger partial charge on any atom is 0.411 e. The van der Waals surface area contributed by atoms with Crippen molar-refractivity contribution in [1.82, 2.24) is 4.90 Å². The lowest BCUT2D eigenvalue weighted by Gasteiger charge is -2.46. The van der Waals surface area contributed by atoms with E-state index >= 15 is 0 Å². The molecule has 286 valence electrons. The van der Waals surface area contributed by atoms with E-state index in [1.165, 1.54) is 0 Å². The number of amides is 1. The second-order valence-corrected chi connectivity index (χ2v) is 12.9. The molecule has 0 spiro atoms. The summed E-state index contributed by atoms with van der Waals surface area (Å²) in [5, 5.41) is 11.5. The second kappa shape index (κ2) is 19.7. The summed E-state index contributed by atoms with van der Waals surface area (Å²) in [6.45, 7) is 2.42. The van der Waals surface area contributed by atoms with Crippen LogP contribution >= 0.6 is 0 Å². The molecule has 55 heavy (non-hydrogen) atoms. The highest BCUT2D eigenvalue weighted by molar-refractivity contribution is 5.69. The van der Waals surface area contributed by atoms with Crippen molar-refractivity contribution in [2.24, 2.45) is 15.3 Å². The molecule has 1 amide bonds. The van der Waals surface area contributed by atoms with E-state index in [1.807, 2.05) is 91.0 Å². The Balaban J connectivity index is 1.54. The van der Waals surface area contributed by atoms with E-state index in [-0.39, 0.29) is 26.0 Å². The van der Waals surface area contributed by atoms with Gasteiger partial charge in [-0.25, -0.2) is 4.79 Å². The molecular formula is C37H40N10O8. The minimum Gasteiger partial charge on any atom is -0.458 e. The molecule has 3 aromatic carbocycles. The summed E-state index contributed by atoms with van der Waals surface area (Å²) in [6, 6.07) is 24.0. The Kier molecular flexibility index (Phi) is 14.3. The maximum atomic E-state index is 14.2. The molecule has 18 heteroatoms. The van der Waals surface area contributed by atoms with Gasteiger partial charge in [0.2, 0.25) is 0 Å². The molecule has 0 radical (unpaired) electrons. The number of rotatable bonds is 14. The van der Waals surface area contributed by atoms with Gasteiger partial charge in [-0.05, 0) is 52.5 Å². The number of hydrogen-bond donors (Lipinski definition) is 0. The van der Waals surface area contributed by atoms with E-state index in [9.17, 15) is 31.0 Å². The molecule has 2 aliphatic rings. The summed E-state index contributed by atoms with van der Waals surface area (Å²) in [6.07, 6.45) is -6.49. The Morgan fingerprint density at radius 2 is 1.25 bits per heavy atom. The van der Waals surface area contributed by atoms with E-state index in [2.05, 4.69) is 30.1 Å². The standard InChI is InChI=1S/C37H40N10O8/c1-23(48)52-33-29(42-45-39)20-30(43-46-40)34(35(33)53-24(2)49)55-36-28(41-44-38)18-19-31(54-36)32(27-16-10-5-11-17-27)47(21-25-12-6-3-7-13-25)37(50)51-22-26-14-8-4-9-15-26/h3-17,28-36H,18-22H2,1-2H3/t28?,29-,30+,31+,32-,33+,34-,35-,36-/m1/s1. The highest BCUT2D eigenvalue weighted by Gasteiger charge is 2.51. The van der Waals surface area contributed by atoms with Gasteiger partial charge in [-0.1, -0.05) is 106 Å². The van der Waals surface area contributed by atoms with E-state index < -0.39 is 72.9 Å². The molecule has 1 saturated heterocycles. The number of esters is 2. The normalized spacial score (nSPS) is 25.0. The molecule has 0 N–H and O–H groups in total. The average molecular weight is 753 g/mol. The zero-order chi connectivity index (χ0) is 39.2. The van der Waals surface area contributed by atoms with Gasteiger partial charge in [-0.2, -0.15) is 0 Å². The Hall–Kier alpha value is -6.28. The number of azide groups is 3. The Morgan fingerprint density at radius 1 is 0.727 bits per heavy atom. The van der Waals surface area contributed by atoms with Crippen LogP contribution in [0.5, 0.6) is 0 Å². The molecule has 3 aromatic rings. The zero-order valence-electron chi connectivity index (χ0n) is 30.1. The van der Waals surface area contributed by atoms with Crippen LogP contribution in [0.2, 0.25) is 0 Å². The number of benzene rings is 3. The van der Waals surface area contributed by atoms with E-state index in [4.69, 9.17) is 23.7 Å². The molecule has 5 rings (SSSR count). The van der Waals surface area contributed by atoms with Gasteiger partial charge < -0.3 is 23.7 Å². The summed E-state index contributed by atoms with van der Waals surface area (Å²) in [5.41, 5.74) is 30.7. The fraction of sp³-hybridized carbons (Fsp3) is 0.432. The minimum atomic E-state index is -1.44. The maximum absolute atomic E-state index is 14.2. The van der Waals surface area contributed by atoms with Gasteiger partial charge >= 0.3 is 18.0 Å². The van der Waals surface area contributed by atoms with Crippen molar-refractivity contribution in [3.05, 3.63) is 139 Å². The number of hydrogen-bond acceptors (Lipinski definition) is 11. The first-order chi connectivity index (χ1) is 26.7. The van der Waals surface area contributed by atoms with Crippen molar-refractivity contribution in [3.8, 4) is 0 Å². The molecule has 1 aliphatic heterocycles. The first kappa shape index (κ1) is 39.9. The van der Waals surface area contributed by atoms with E-state index in [1.54, 1.807) is 4.90 Å². The summed E-state index contributed by atoms with van der Waals surface area (Å²) >= 11 is 0. The smallest absolute Gasteiger partial charge is 0.411 e. The number of carbonyl (C=O) groups excluding carboxylic acids is 3. The van der Waals surface area contributed by atoms with Crippen molar-refractivity contribution in [3.63, 3.8) is 0 Å². The van der Waals surface area contributed by atoms with Crippen molar-refractivity contribution in [2.45, 2.75) is 101 Å². The van der Waals surface area contributed by atoms with Gasteiger partial charge in [0.05, 0.1) is 30.3 Å². The first-order valence-corrected chi connectivity index (χ1v) is 17.6. The van der Waals surface area contributed by atoms with E-state index in [0.29, 0.717) is 6.42 Å². The van der Waals surface area contributed by atoms with Gasteiger partial charge in [0.25, 0.3) is 0 Å². The third-order valence-electron chi connectivity index (χ3n) is 9.22. The van der Waals surface area contributed by atoms with Crippen molar-refractivity contribution in [2.75, 3.05) is 0 Å². The monoisotopic (exact) mass is 752 g/mol. The molecule has 9 atom stereocenters. The quantitative estimate of drug-likeness (QED) is 0.0516.